The standard InChI is InChI=1S/C15H19NO2S/c1-9-5-11(8-16-15(9)18-2)14(17)10-6-12-3-4-13(7-10)19-12/h5,8,10,12-13H,3-4,6-7H2,1-2H3. The largest absolute Gasteiger partial charge is 0.481 e. The van der Waals surface area contributed by atoms with Gasteiger partial charge in [-0.05, 0) is 38.7 Å². The number of Topliss-reactive ketones (excluding diaryl/α,β-unsaturated/α-hetero) is 1. The fourth-order valence-corrected chi connectivity index (χ4v) is 4.99. The van der Waals surface area contributed by atoms with Gasteiger partial charge in [-0.2, -0.15) is 11.8 Å². The number of pyridine rings is 1. The molecule has 19 heavy (non-hydrogen) atoms. The molecule has 0 aromatic carbocycles. The quantitative estimate of drug-likeness (QED) is 0.795. The number of ether oxygens (including phenoxy) is 1. The average molecular weight is 277 g/mol. The monoisotopic (exact) mass is 277 g/mol. The van der Waals surface area contributed by atoms with E-state index in [1.807, 2.05) is 13.0 Å². The van der Waals surface area contributed by atoms with Crippen molar-refractivity contribution in [2.75, 3.05) is 7.11 Å². The second kappa shape index (κ2) is 5.16. The first-order valence-corrected chi connectivity index (χ1v) is 7.82. The summed E-state index contributed by atoms with van der Waals surface area (Å²) in [7, 11) is 1.60. The number of aryl methyl sites for hydroxylation is 1. The summed E-state index contributed by atoms with van der Waals surface area (Å²) in [6, 6.07) is 1.91. The molecule has 2 atom stereocenters. The van der Waals surface area contributed by atoms with Gasteiger partial charge < -0.3 is 4.74 Å². The first-order valence-electron chi connectivity index (χ1n) is 6.87. The van der Waals surface area contributed by atoms with Crippen LogP contribution in [0.3, 0.4) is 0 Å². The van der Waals surface area contributed by atoms with Crippen LogP contribution in [0.1, 0.15) is 41.6 Å². The third-order valence-electron chi connectivity index (χ3n) is 4.17. The minimum absolute atomic E-state index is 0.202. The Morgan fingerprint density at radius 1 is 1.37 bits per heavy atom. The highest BCUT2D eigenvalue weighted by molar-refractivity contribution is 8.00. The topological polar surface area (TPSA) is 39.2 Å². The molecule has 0 saturated carbocycles. The molecule has 4 heteroatoms. The summed E-state index contributed by atoms with van der Waals surface area (Å²) in [4.78, 5) is 16.8. The first-order chi connectivity index (χ1) is 9.17. The number of fused-ring (bicyclic) bond motifs is 2. The van der Waals surface area contributed by atoms with Crippen molar-refractivity contribution in [3.8, 4) is 5.88 Å². The molecule has 3 heterocycles. The van der Waals surface area contributed by atoms with Gasteiger partial charge in [0.05, 0.1) is 7.11 Å². The predicted molar refractivity (Wildman–Crippen MR) is 77.0 cm³/mol. The van der Waals surface area contributed by atoms with Gasteiger partial charge in [-0.1, -0.05) is 0 Å². The molecule has 2 saturated heterocycles. The first kappa shape index (κ1) is 13.0. The number of thioether (sulfide) groups is 1. The van der Waals surface area contributed by atoms with Crippen molar-refractivity contribution in [3.05, 3.63) is 23.4 Å². The van der Waals surface area contributed by atoms with E-state index in [2.05, 4.69) is 16.7 Å². The summed E-state index contributed by atoms with van der Waals surface area (Å²) >= 11 is 2.09. The van der Waals surface area contributed by atoms with Gasteiger partial charge in [-0.15, -0.1) is 0 Å². The summed E-state index contributed by atoms with van der Waals surface area (Å²) in [5.74, 6) is 1.08. The van der Waals surface area contributed by atoms with E-state index in [1.54, 1.807) is 13.3 Å². The van der Waals surface area contributed by atoms with Gasteiger partial charge in [0.1, 0.15) is 0 Å². The van der Waals surface area contributed by atoms with E-state index in [4.69, 9.17) is 4.74 Å². The normalized spacial score (nSPS) is 29.3. The van der Waals surface area contributed by atoms with Crippen LogP contribution < -0.4 is 4.74 Å². The number of carbonyl (C=O) groups is 1. The molecule has 0 N–H and O–H groups in total. The highest BCUT2D eigenvalue weighted by Crippen LogP contribution is 2.46. The number of carbonyl (C=O) groups excluding carboxylic acids is 1. The molecule has 0 aliphatic carbocycles. The molecular formula is C15H19NO2S. The van der Waals surface area contributed by atoms with Crippen LogP contribution in [-0.2, 0) is 0 Å². The minimum Gasteiger partial charge on any atom is -0.481 e. The zero-order chi connectivity index (χ0) is 13.4. The number of hydrogen-bond donors (Lipinski definition) is 0. The highest BCUT2D eigenvalue weighted by atomic mass is 32.2. The SMILES string of the molecule is COc1ncc(C(=O)C2CC3CCC(C2)S3)cc1C. The highest BCUT2D eigenvalue weighted by Gasteiger charge is 2.38. The number of hydrogen-bond acceptors (Lipinski definition) is 4. The van der Waals surface area contributed by atoms with Gasteiger partial charge in [-0.25, -0.2) is 4.98 Å². The van der Waals surface area contributed by atoms with Crippen molar-refractivity contribution in [1.82, 2.24) is 4.98 Å². The lowest BCUT2D eigenvalue weighted by molar-refractivity contribution is 0.0906. The number of aromatic nitrogens is 1. The molecule has 1 aromatic rings. The molecule has 1 aromatic heterocycles. The van der Waals surface area contributed by atoms with E-state index in [0.29, 0.717) is 16.4 Å². The van der Waals surface area contributed by atoms with Crippen LogP contribution in [0, 0.1) is 12.8 Å². The van der Waals surface area contributed by atoms with Gasteiger partial charge in [-0.3, -0.25) is 4.79 Å². The van der Waals surface area contributed by atoms with Gasteiger partial charge in [0.15, 0.2) is 5.78 Å². The summed E-state index contributed by atoms with van der Waals surface area (Å²) in [6.07, 6.45) is 6.34. The molecule has 0 radical (unpaired) electrons. The fraction of sp³-hybridized carbons (Fsp3) is 0.600. The van der Waals surface area contributed by atoms with Crippen LogP contribution in [0.4, 0.5) is 0 Å². The smallest absolute Gasteiger partial charge is 0.215 e. The van der Waals surface area contributed by atoms with Crippen LogP contribution in [0.25, 0.3) is 0 Å². The number of ketones is 1. The van der Waals surface area contributed by atoms with Gasteiger partial charge in [0.2, 0.25) is 5.88 Å². The minimum atomic E-state index is 0.202. The Kier molecular flexibility index (Phi) is 3.52. The molecule has 0 spiro atoms. The van der Waals surface area contributed by atoms with E-state index in [-0.39, 0.29) is 11.7 Å². The Hall–Kier alpha value is -1.03. The van der Waals surface area contributed by atoms with Crippen LogP contribution in [0.2, 0.25) is 0 Å². The number of nitrogens with zero attached hydrogens (tertiary/aromatic N) is 1. The summed E-state index contributed by atoms with van der Waals surface area (Å²) in [5, 5.41) is 1.42. The molecule has 2 unspecified atom stereocenters. The van der Waals surface area contributed by atoms with E-state index in [9.17, 15) is 4.79 Å². The number of rotatable bonds is 3. The van der Waals surface area contributed by atoms with E-state index in [0.717, 1.165) is 24.0 Å². The van der Waals surface area contributed by atoms with Crippen LogP contribution >= 0.6 is 11.8 Å². The van der Waals surface area contributed by atoms with Crippen LogP contribution in [0.5, 0.6) is 5.88 Å². The van der Waals surface area contributed by atoms with Crippen molar-refractivity contribution in [2.45, 2.75) is 43.1 Å². The summed E-state index contributed by atoms with van der Waals surface area (Å²) < 4.78 is 5.14. The van der Waals surface area contributed by atoms with E-state index in [1.165, 1.54) is 12.8 Å². The van der Waals surface area contributed by atoms with E-state index < -0.39 is 0 Å². The second-order valence-electron chi connectivity index (χ2n) is 5.54. The third kappa shape index (κ3) is 2.50. The zero-order valence-electron chi connectivity index (χ0n) is 11.4. The average Bonchev–Trinajstić information content (AvgIpc) is 2.76. The van der Waals surface area contributed by atoms with E-state index >= 15 is 0 Å². The molecule has 3 rings (SSSR count). The maximum Gasteiger partial charge on any atom is 0.215 e. The maximum atomic E-state index is 12.6. The Bertz CT molecular complexity index is 491. The van der Waals surface area contributed by atoms with Crippen molar-refractivity contribution < 1.29 is 9.53 Å². The fourth-order valence-electron chi connectivity index (χ4n) is 3.22. The van der Waals surface area contributed by atoms with Gasteiger partial charge >= 0.3 is 0 Å². The molecule has 102 valence electrons. The second-order valence-corrected chi connectivity index (χ2v) is 7.15. The van der Waals surface area contributed by atoms with Crippen molar-refractivity contribution in [3.63, 3.8) is 0 Å². The Balaban J connectivity index is 1.78. The summed E-state index contributed by atoms with van der Waals surface area (Å²) in [5.41, 5.74) is 1.68. The molecule has 3 nitrogen and oxygen atoms in total. The lowest BCUT2D eigenvalue weighted by Gasteiger charge is -2.26. The third-order valence-corrected chi connectivity index (χ3v) is 5.80. The van der Waals surface area contributed by atoms with Crippen molar-refractivity contribution in [1.29, 1.82) is 0 Å². The molecule has 2 aliphatic rings. The zero-order valence-corrected chi connectivity index (χ0v) is 12.2. The maximum absolute atomic E-state index is 12.6. The van der Waals surface area contributed by atoms with Crippen molar-refractivity contribution in [2.24, 2.45) is 5.92 Å². The summed E-state index contributed by atoms with van der Waals surface area (Å²) in [6.45, 7) is 1.93. The predicted octanol–water partition coefficient (Wildman–Crippen LogP) is 3.26. The number of methoxy groups -OCH3 is 1. The molecular weight excluding hydrogens is 258 g/mol. The van der Waals surface area contributed by atoms with Gasteiger partial charge in [0.25, 0.3) is 0 Å². The lowest BCUT2D eigenvalue weighted by atomic mass is 9.90. The Morgan fingerprint density at radius 2 is 2.05 bits per heavy atom. The molecule has 2 bridgehead atoms. The lowest BCUT2D eigenvalue weighted by Crippen LogP contribution is -2.25. The van der Waals surface area contributed by atoms with Crippen LogP contribution in [0.15, 0.2) is 12.3 Å². The van der Waals surface area contributed by atoms with Crippen LogP contribution in [-0.4, -0.2) is 28.4 Å². The van der Waals surface area contributed by atoms with Gasteiger partial charge in [0, 0.05) is 33.7 Å². The Morgan fingerprint density at radius 3 is 2.63 bits per heavy atom. The molecule has 0 amide bonds. The molecule has 2 aliphatic heterocycles. The Labute approximate surface area is 118 Å². The van der Waals surface area contributed by atoms with Crippen molar-refractivity contribution >= 4 is 17.5 Å². The molecule has 2 fully saturated rings.